The van der Waals surface area contributed by atoms with E-state index in [4.69, 9.17) is 0 Å². The van der Waals surface area contributed by atoms with Crippen LogP contribution in [0.2, 0.25) is 0 Å². The summed E-state index contributed by atoms with van der Waals surface area (Å²) in [5.74, 6) is -0.698. The molecular formula is C19H19BrN2O4S. The van der Waals surface area contributed by atoms with Gasteiger partial charge in [0.2, 0.25) is 11.8 Å². The van der Waals surface area contributed by atoms with Gasteiger partial charge in [-0.3, -0.25) is 9.59 Å². The van der Waals surface area contributed by atoms with Crippen LogP contribution in [0.1, 0.15) is 18.9 Å². The third-order valence-corrected chi connectivity index (χ3v) is 6.60. The van der Waals surface area contributed by atoms with E-state index in [1.54, 1.807) is 35.2 Å². The second kappa shape index (κ2) is 7.82. The molecule has 0 saturated carbocycles. The second-order valence-electron chi connectivity index (χ2n) is 6.34. The Balaban J connectivity index is 1.67. The molecule has 2 aromatic carbocycles. The maximum absolute atomic E-state index is 12.6. The van der Waals surface area contributed by atoms with Crippen molar-refractivity contribution >= 4 is 49.0 Å². The Morgan fingerprint density at radius 1 is 1.19 bits per heavy atom. The Morgan fingerprint density at radius 2 is 1.96 bits per heavy atom. The van der Waals surface area contributed by atoms with Crippen LogP contribution in [0.15, 0.2) is 51.8 Å². The fourth-order valence-electron chi connectivity index (χ4n) is 3.03. The first-order valence-corrected chi connectivity index (χ1v) is 10.9. The molecule has 3 rings (SSSR count). The second-order valence-corrected chi connectivity index (χ2v) is 9.36. The number of carbonyl (C=O) groups excluding carboxylic acids is 2. The monoisotopic (exact) mass is 450 g/mol. The predicted octanol–water partition coefficient (Wildman–Crippen LogP) is 3.16. The first-order chi connectivity index (χ1) is 12.8. The Morgan fingerprint density at radius 3 is 2.67 bits per heavy atom. The molecule has 0 spiro atoms. The number of hydrogen-bond acceptors (Lipinski definition) is 4. The molecule has 0 atom stereocenters. The first kappa shape index (κ1) is 19.6. The lowest BCUT2D eigenvalue weighted by atomic mass is 10.2. The summed E-state index contributed by atoms with van der Waals surface area (Å²) in [5, 5.41) is 2.69. The summed E-state index contributed by atoms with van der Waals surface area (Å²) < 4.78 is 26.0. The molecule has 0 unspecified atom stereocenters. The zero-order valence-electron chi connectivity index (χ0n) is 14.7. The van der Waals surface area contributed by atoms with Crippen LogP contribution < -0.4 is 10.2 Å². The molecular weight excluding hydrogens is 432 g/mol. The van der Waals surface area contributed by atoms with Crippen molar-refractivity contribution < 1.29 is 18.0 Å². The lowest BCUT2D eigenvalue weighted by molar-refractivity contribution is -0.117. The number of sulfone groups is 1. The lowest BCUT2D eigenvalue weighted by Gasteiger charge is -2.15. The summed E-state index contributed by atoms with van der Waals surface area (Å²) in [6.45, 7) is 2.05. The zero-order chi connectivity index (χ0) is 19.6. The predicted molar refractivity (Wildman–Crippen MR) is 108 cm³/mol. The van der Waals surface area contributed by atoms with Gasteiger partial charge in [-0.1, -0.05) is 22.0 Å². The number of fused-ring (bicyclic) bond motifs is 1. The van der Waals surface area contributed by atoms with Gasteiger partial charge < -0.3 is 10.2 Å². The lowest BCUT2D eigenvalue weighted by Crippen LogP contribution is -2.25. The summed E-state index contributed by atoms with van der Waals surface area (Å²) in [6.07, 6.45) is 0.493. The molecule has 0 aliphatic carbocycles. The minimum Gasteiger partial charge on any atom is -0.326 e. The molecule has 2 amide bonds. The van der Waals surface area contributed by atoms with Crippen LogP contribution in [0.5, 0.6) is 0 Å². The Bertz CT molecular complexity index is 1000. The van der Waals surface area contributed by atoms with E-state index >= 15 is 0 Å². The minimum absolute atomic E-state index is 0.0615. The molecule has 1 aliphatic rings. The largest absolute Gasteiger partial charge is 0.326 e. The molecule has 0 fully saturated rings. The standard InChI is InChI=1S/C19H19BrN2O4S/c1-13(23)22-9-7-14-11-17(5-6-18(14)22)27(25,26)10-8-19(24)21-16-4-2-3-15(20)12-16/h2-6,11-12H,7-10H2,1H3,(H,21,24). The number of halogens is 1. The number of amides is 2. The van der Waals surface area contributed by atoms with E-state index in [9.17, 15) is 18.0 Å². The van der Waals surface area contributed by atoms with Gasteiger partial charge in [-0.05, 0) is 48.4 Å². The van der Waals surface area contributed by atoms with E-state index in [0.29, 0.717) is 18.7 Å². The van der Waals surface area contributed by atoms with E-state index in [0.717, 1.165) is 15.7 Å². The minimum atomic E-state index is -3.59. The van der Waals surface area contributed by atoms with Crippen molar-refractivity contribution in [2.45, 2.75) is 24.7 Å². The van der Waals surface area contributed by atoms with Crippen LogP contribution in [0.4, 0.5) is 11.4 Å². The number of benzene rings is 2. The Labute approximate surface area is 166 Å². The molecule has 142 valence electrons. The van der Waals surface area contributed by atoms with Gasteiger partial charge in [0.25, 0.3) is 0 Å². The molecule has 2 aromatic rings. The van der Waals surface area contributed by atoms with Gasteiger partial charge in [-0.25, -0.2) is 8.42 Å². The van der Waals surface area contributed by atoms with Crippen LogP contribution in [0, 0.1) is 0 Å². The number of anilines is 2. The summed E-state index contributed by atoms with van der Waals surface area (Å²) in [5.41, 5.74) is 2.20. The third kappa shape index (κ3) is 4.56. The summed E-state index contributed by atoms with van der Waals surface area (Å²) in [4.78, 5) is 25.5. The van der Waals surface area contributed by atoms with Gasteiger partial charge in [-0.15, -0.1) is 0 Å². The van der Waals surface area contributed by atoms with Crippen molar-refractivity contribution in [2.75, 3.05) is 22.5 Å². The van der Waals surface area contributed by atoms with Gasteiger partial charge in [0, 0.05) is 35.7 Å². The Hall–Kier alpha value is -2.19. The van der Waals surface area contributed by atoms with Crippen molar-refractivity contribution in [2.24, 2.45) is 0 Å². The quantitative estimate of drug-likeness (QED) is 0.757. The molecule has 1 N–H and O–H groups in total. The van der Waals surface area contributed by atoms with Gasteiger partial charge in [-0.2, -0.15) is 0 Å². The van der Waals surface area contributed by atoms with Crippen LogP contribution in [-0.4, -0.2) is 32.5 Å². The van der Waals surface area contributed by atoms with Crippen LogP contribution in [-0.2, 0) is 25.8 Å². The average molecular weight is 451 g/mol. The number of hydrogen-bond donors (Lipinski definition) is 1. The van der Waals surface area contributed by atoms with Gasteiger partial charge >= 0.3 is 0 Å². The van der Waals surface area contributed by atoms with E-state index in [-0.39, 0.29) is 28.9 Å². The number of nitrogens with zero attached hydrogens (tertiary/aromatic N) is 1. The molecule has 6 nitrogen and oxygen atoms in total. The van der Waals surface area contributed by atoms with E-state index in [2.05, 4.69) is 21.2 Å². The topological polar surface area (TPSA) is 83.6 Å². The van der Waals surface area contributed by atoms with Crippen molar-refractivity contribution in [1.82, 2.24) is 0 Å². The molecule has 0 saturated heterocycles. The molecule has 1 aliphatic heterocycles. The molecule has 27 heavy (non-hydrogen) atoms. The summed E-state index contributed by atoms with van der Waals surface area (Å²) in [6, 6.07) is 11.9. The van der Waals surface area contributed by atoms with E-state index in [1.165, 1.54) is 13.0 Å². The highest BCUT2D eigenvalue weighted by atomic mass is 79.9. The van der Waals surface area contributed by atoms with Gasteiger partial charge in [0.15, 0.2) is 9.84 Å². The highest BCUT2D eigenvalue weighted by molar-refractivity contribution is 9.10. The molecule has 0 bridgehead atoms. The summed E-state index contributed by atoms with van der Waals surface area (Å²) in [7, 11) is -3.59. The van der Waals surface area contributed by atoms with Crippen molar-refractivity contribution in [3.8, 4) is 0 Å². The normalized spacial score (nSPS) is 13.3. The fourth-order valence-corrected chi connectivity index (χ4v) is 4.72. The van der Waals surface area contributed by atoms with Gasteiger partial charge in [0.1, 0.15) is 0 Å². The third-order valence-electron chi connectivity index (χ3n) is 4.39. The number of rotatable bonds is 5. The van der Waals surface area contributed by atoms with Gasteiger partial charge in [0.05, 0.1) is 10.6 Å². The maximum Gasteiger partial charge on any atom is 0.225 e. The smallest absolute Gasteiger partial charge is 0.225 e. The SMILES string of the molecule is CC(=O)N1CCc2cc(S(=O)(=O)CCC(=O)Nc3cccc(Br)c3)ccc21. The number of nitrogens with one attached hydrogen (secondary N) is 1. The van der Waals surface area contributed by atoms with Crippen molar-refractivity contribution in [3.63, 3.8) is 0 Å². The van der Waals surface area contributed by atoms with Crippen molar-refractivity contribution in [3.05, 3.63) is 52.5 Å². The molecule has 8 heteroatoms. The summed E-state index contributed by atoms with van der Waals surface area (Å²) >= 11 is 3.32. The first-order valence-electron chi connectivity index (χ1n) is 8.45. The van der Waals surface area contributed by atoms with E-state index in [1.807, 2.05) is 6.07 Å². The number of carbonyl (C=O) groups is 2. The maximum atomic E-state index is 12.6. The highest BCUT2D eigenvalue weighted by Gasteiger charge is 2.25. The average Bonchev–Trinajstić information content (AvgIpc) is 3.03. The fraction of sp³-hybridized carbons (Fsp3) is 0.263. The van der Waals surface area contributed by atoms with Crippen molar-refractivity contribution in [1.29, 1.82) is 0 Å². The van der Waals surface area contributed by atoms with E-state index < -0.39 is 9.84 Å². The molecule has 1 heterocycles. The zero-order valence-corrected chi connectivity index (χ0v) is 17.1. The van der Waals surface area contributed by atoms with Crippen LogP contribution in [0.3, 0.4) is 0 Å². The highest BCUT2D eigenvalue weighted by Crippen LogP contribution is 2.30. The Kier molecular flexibility index (Phi) is 5.67. The molecule has 0 aromatic heterocycles. The van der Waals surface area contributed by atoms with Crippen LogP contribution >= 0.6 is 15.9 Å². The van der Waals surface area contributed by atoms with Crippen LogP contribution in [0.25, 0.3) is 0 Å². The molecule has 0 radical (unpaired) electrons.